The van der Waals surface area contributed by atoms with E-state index in [2.05, 4.69) is 10.6 Å². The van der Waals surface area contributed by atoms with Crippen LogP contribution < -0.4 is 20.1 Å². The minimum absolute atomic E-state index is 0.0820. The normalized spacial score (nSPS) is 15.5. The van der Waals surface area contributed by atoms with Crippen LogP contribution in [0.15, 0.2) is 60.7 Å². The quantitative estimate of drug-likeness (QED) is 0.678. The molecule has 29 heavy (non-hydrogen) atoms. The Bertz CT molecular complexity index is 1030. The van der Waals surface area contributed by atoms with Crippen LogP contribution in [0.1, 0.15) is 20.1 Å². The molecule has 1 aliphatic rings. The number of fused-ring (bicyclic) bond motifs is 1. The number of hydrogen-bond acceptors (Lipinski definition) is 5. The van der Waals surface area contributed by atoms with Gasteiger partial charge in [-0.25, -0.2) is 0 Å². The van der Waals surface area contributed by atoms with Gasteiger partial charge in [0.15, 0.2) is 0 Å². The van der Waals surface area contributed by atoms with Crippen molar-refractivity contribution in [1.82, 2.24) is 5.32 Å². The number of anilines is 1. The molecule has 3 aromatic rings. The molecule has 0 radical (unpaired) electrons. The van der Waals surface area contributed by atoms with Gasteiger partial charge in [0.25, 0.3) is 11.8 Å². The first-order valence-electron chi connectivity index (χ1n) is 9.17. The molecule has 0 aliphatic carbocycles. The smallest absolute Gasteiger partial charge is 0.262 e. The van der Waals surface area contributed by atoms with Crippen molar-refractivity contribution in [2.75, 3.05) is 19.0 Å². The van der Waals surface area contributed by atoms with Crippen molar-refractivity contribution in [2.24, 2.45) is 0 Å². The van der Waals surface area contributed by atoms with Gasteiger partial charge >= 0.3 is 0 Å². The summed E-state index contributed by atoms with van der Waals surface area (Å²) in [6, 6.07) is 18.0. The fourth-order valence-corrected chi connectivity index (χ4v) is 3.99. The van der Waals surface area contributed by atoms with Crippen molar-refractivity contribution in [2.45, 2.75) is 12.5 Å². The second-order valence-corrected chi connectivity index (χ2v) is 7.78. The fraction of sp³-hybridized carbons (Fsp3) is 0.182. The topological polar surface area (TPSA) is 76.7 Å². The minimum atomic E-state index is -0.762. The standard InChI is InChI=1S/C22H20N2O4S/c1-27-15-8-6-14(7-9-15)12-16-10-11-20(29-16)22(26)24-18-13-28-19-5-3-2-4-17(19)23-21(18)25/h2-11,18H,12-13H2,1H3,(H,23,25)(H,24,26)/t18-/m0/s1. The highest BCUT2D eigenvalue weighted by Gasteiger charge is 2.26. The van der Waals surface area contributed by atoms with Gasteiger partial charge in [0.1, 0.15) is 24.1 Å². The molecule has 0 saturated carbocycles. The Morgan fingerprint density at radius 1 is 1.17 bits per heavy atom. The van der Waals surface area contributed by atoms with E-state index in [-0.39, 0.29) is 18.4 Å². The highest BCUT2D eigenvalue weighted by atomic mass is 32.1. The van der Waals surface area contributed by atoms with Gasteiger partial charge in [-0.05, 0) is 42.0 Å². The van der Waals surface area contributed by atoms with E-state index in [0.717, 1.165) is 22.6 Å². The summed E-state index contributed by atoms with van der Waals surface area (Å²) >= 11 is 1.41. The Labute approximate surface area is 172 Å². The first-order valence-corrected chi connectivity index (χ1v) is 9.99. The third kappa shape index (κ3) is 4.41. The molecule has 0 saturated heterocycles. The molecular formula is C22H20N2O4S. The zero-order chi connectivity index (χ0) is 20.2. The molecule has 148 valence electrons. The lowest BCUT2D eigenvalue weighted by molar-refractivity contribution is -0.118. The molecule has 1 atom stereocenters. The van der Waals surface area contributed by atoms with Gasteiger partial charge in [0.05, 0.1) is 17.7 Å². The molecule has 0 fully saturated rings. The first-order chi connectivity index (χ1) is 14.1. The summed E-state index contributed by atoms with van der Waals surface area (Å²) in [5.41, 5.74) is 1.74. The lowest BCUT2D eigenvalue weighted by atomic mass is 10.1. The van der Waals surface area contributed by atoms with Crippen molar-refractivity contribution >= 4 is 28.8 Å². The summed E-state index contributed by atoms with van der Waals surface area (Å²) in [6.45, 7) is 0.0820. The van der Waals surface area contributed by atoms with Gasteiger partial charge in [0.2, 0.25) is 0 Å². The first kappa shape index (κ1) is 19.0. The molecule has 7 heteroatoms. The zero-order valence-corrected chi connectivity index (χ0v) is 16.6. The summed E-state index contributed by atoms with van der Waals surface area (Å²) in [5.74, 6) is 0.825. The number of carbonyl (C=O) groups is 2. The van der Waals surface area contributed by atoms with E-state index >= 15 is 0 Å². The van der Waals surface area contributed by atoms with Crippen LogP contribution >= 0.6 is 11.3 Å². The molecule has 1 aliphatic heterocycles. The van der Waals surface area contributed by atoms with E-state index in [0.29, 0.717) is 16.3 Å². The Balaban J connectivity index is 1.39. The van der Waals surface area contributed by atoms with E-state index in [4.69, 9.17) is 9.47 Å². The predicted octanol–water partition coefficient (Wildman–Crippen LogP) is 3.48. The Morgan fingerprint density at radius 3 is 2.76 bits per heavy atom. The maximum absolute atomic E-state index is 12.6. The number of methoxy groups -OCH3 is 1. The number of amides is 2. The third-order valence-corrected chi connectivity index (χ3v) is 5.68. The molecule has 0 unspecified atom stereocenters. The van der Waals surface area contributed by atoms with Gasteiger partial charge in [0, 0.05) is 11.3 Å². The highest BCUT2D eigenvalue weighted by molar-refractivity contribution is 7.14. The number of hydrogen-bond donors (Lipinski definition) is 2. The molecule has 6 nitrogen and oxygen atoms in total. The van der Waals surface area contributed by atoms with Gasteiger partial charge in [-0.15, -0.1) is 11.3 Å². The number of benzene rings is 2. The monoisotopic (exact) mass is 408 g/mol. The van der Waals surface area contributed by atoms with E-state index in [9.17, 15) is 9.59 Å². The number of carbonyl (C=O) groups excluding carboxylic acids is 2. The zero-order valence-electron chi connectivity index (χ0n) is 15.8. The van der Waals surface area contributed by atoms with Crippen molar-refractivity contribution in [3.63, 3.8) is 0 Å². The van der Waals surface area contributed by atoms with E-state index in [1.54, 1.807) is 25.3 Å². The van der Waals surface area contributed by atoms with Crippen LogP contribution in [0, 0.1) is 0 Å². The SMILES string of the molecule is COc1ccc(Cc2ccc(C(=O)N[C@H]3COc4ccccc4NC3=O)s2)cc1. The molecule has 2 heterocycles. The van der Waals surface area contributed by atoms with Crippen LogP contribution in [0.4, 0.5) is 5.69 Å². The van der Waals surface area contributed by atoms with Crippen molar-refractivity contribution in [3.05, 3.63) is 76.0 Å². The summed E-state index contributed by atoms with van der Waals surface area (Å²) in [5, 5.41) is 5.56. The maximum Gasteiger partial charge on any atom is 0.262 e. The minimum Gasteiger partial charge on any atom is -0.497 e. The number of nitrogens with one attached hydrogen (secondary N) is 2. The predicted molar refractivity (Wildman–Crippen MR) is 112 cm³/mol. The number of para-hydroxylation sites is 2. The van der Waals surface area contributed by atoms with Gasteiger partial charge in [-0.3, -0.25) is 9.59 Å². The van der Waals surface area contributed by atoms with Crippen molar-refractivity contribution in [1.29, 1.82) is 0 Å². The van der Waals surface area contributed by atoms with E-state index in [1.165, 1.54) is 11.3 Å². The maximum atomic E-state index is 12.6. The third-order valence-electron chi connectivity index (χ3n) is 4.60. The molecule has 2 amide bonds. The van der Waals surface area contributed by atoms with Crippen LogP contribution in [0.2, 0.25) is 0 Å². The fourth-order valence-electron chi connectivity index (χ4n) is 3.04. The van der Waals surface area contributed by atoms with Crippen molar-refractivity contribution < 1.29 is 19.1 Å². The number of thiophene rings is 1. The average molecular weight is 408 g/mol. The lowest BCUT2D eigenvalue weighted by Gasteiger charge is -2.14. The van der Waals surface area contributed by atoms with Gasteiger partial charge in [-0.2, -0.15) is 0 Å². The second kappa shape index (κ2) is 8.36. The summed E-state index contributed by atoms with van der Waals surface area (Å²) < 4.78 is 10.8. The molecule has 2 N–H and O–H groups in total. The number of ether oxygens (including phenoxy) is 2. The van der Waals surface area contributed by atoms with Crippen LogP contribution in [-0.2, 0) is 11.2 Å². The summed E-state index contributed by atoms with van der Waals surface area (Å²) in [6.07, 6.45) is 0.726. The highest BCUT2D eigenvalue weighted by Crippen LogP contribution is 2.26. The molecular weight excluding hydrogens is 388 g/mol. The van der Waals surface area contributed by atoms with Crippen LogP contribution in [-0.4, -0.2) is 31.6 Å². The lowest BCUT2D eigenvalue weighted by Crippen LogP contribution is -2.46. The van der Waals surface area contributed by atoms with Gasteiger partial charge in [-0.1, -0.05) is 24.3 Å². The average Bonchev–Trinajstić information content (AvgIpc) is 3.14. The Hall–Kier alpha value is -3.32. The van der Waals surface area contributed by atoms with Crippen LogP contribution in [0.5, 0.6) is 11.5 Å². The Kier molecular flexibility index (Phi) is 5.48. The van der Waals surface area contributed by atoms with Crippen LogP contribution in [0.25, 0.3) is 0 Å². The van der Waals surface area contributed by atoms with Gasteiger partial charge < -0.3 is 20.1 Å². The molecule has 0 spiro atoms. The molecule has 1 aromatic heterocycles. The molecule has 2 aromatic carbocycles. The van der Waals surface area contributed by atoms with Crippen LogP contribution in [0.3, 0.4) is 0 Å². The van der Waals surface area contributed by atoms with Crippen molar-refractivity contribution in [3.8, 4) is 11.5 Å². The molecule has 0 bridgehead atoms. The van der Waals surface area contributed by atoms with E-state index in [1.807, 2.05) is 42.5 Å². The summed E-state index contributed by atoms with van der Waals surface area (Å²) in [7, 11) is 1.64. The Morgan fingerprint density at radius 2 is 1.97 bits per heavy atom. The van der Waals surface area contributed by atoms with E-state index < -0.39 is 6.04 Å². The second-order valence-electron chi connectivity index (χ2n) is 6.61. The largest absolute Gasteiger partial charge is 0.497 e. The molecule has 4 rings (SSSR count). The summed E-state index contributed by atoms with van der Waals surface area (Å²) in [4.78, 5) is 26.7. The number of rotatable bonds is 5.